The number of hydrazone groups is 1. The number of benzene rings is 3. The van der Waals surface area contributed by atoms with Crippen LogP contribution in [0, 0.1) is 0 Å². The number of rotatable bonds is 2. The lowest BCUT2D eigenvalue weighted by molar-refractivity contribution is -0.130. The number of hydrogen-bond donors (Lipinski definition) is 0. The summed E-state index contributed by atoms with van der Waals surface area (Å²) in [7, 11) is 0. The summed E-state index contributed by atoms with van der Waals surface area (Å²) in [5.41, 5.74) is 2.88. The maximum absolute atomic E-state index is 12.1. The summed E-state index contributed by atoms with van der Waals surface area (Å²) in [6.07, 6.45) is 0.654. The van der Waals surface area contributed by atoms with Gasteiger partial charge in [0, 0.05) is 18.4 Å². The molecule has 0 fully saturated rings. The Labute approximate surface area is 151 Å². The van der Waals surface area contributed by atoms with Gasteiger partial charge >= 0.3 is 0 Å². The summed E-state index contributed by atoms with van der Waals surface area (Å²) in [4.78, 5) is 12.1. The van der Waals surface area contributed by atoms with Gasteiger partial charge in [-0.25, -0.2) is 5.01 Å². The van der Waals surface area contributed by atoms with E-state index in [4.69, 9.17) is 11.6 Å². The van der Waals surface area contributed by atoms with E-state index in [0.29, 0.717) is 11.4 Å². The molecule has 3 nitrogen and oxygen atoms in total. The van der Waals surface area contributed by atoms with Gasteiger partial charge in [-0.1, -0.05) is 66.2 Å². The van der Waals surface area contributed by atoms with Gasteiger partial charge in [-0.05, 0) is 34.0 Å². The lowest BCUT2D eigenvalue weighted by atomic mass is 9.97. The van der Waals surface area contributed by atoms with Crippen molar-refractivity contribution >= 4 is 34.0 Å². The third kappa shape index (κ3) is 2.92. The summed E-state index contributed by atoms with van der Waals surface area (Å²) in [6, 6.07) is 22.0. The van der Waals surface area contributed by atoms with Crippen LogP contribution in [0.25, 0.3) is 10.8 Å². The molecule has 0 bridgehead atoms. The second-order valence-electron chi connectivity index (χ2n) is 6.21. The van der Waals surface area contributed by atoms with Gasteiger partial charge in [-0.15, -0.1) is 0 Å². The molecule has 25 heavy (non-hydrogen) atoms. The largest absolute Gasteiger partial charge is 0.273 e. The zero-order chi connectivity index (χ0) is 17.4. The fourth-order valence-corrected chi connectivity index (χ4v) is 3.59. The minimum Gasteiger partial charge on any atom is -0.273 e. The van der Waals surface area contributed by atoms with Crippen LogP contribution in [0.5, 0.6) is 0 Å². The van der Waals surface area contributed by atoms with E-state index >= 15 is 0 Å². The molecule has 0 saturated heterocycles. The van der Waals surface area contributed by atoms with Crippen molar-refractivity contribution in [3.05, 3.63) is 82.9 Å². The topological polar surface area (TPSA) is 32.7 Å². The van der Waals surface area contributed by atoms with E-state index in [2.05, 4.69) is 35.4 Å². The number of carbonyl (C=O) groups is 1. The Morgan fingerprint density at radius 1 is 1.04 bits per heavy atom. The highest BCUT2D eigenvalue weighted by molar-refractivity contribution is 6.31. The van der Waals surface area contributed by atoms with E-state index in [1.807, 2.05) is 36.4 Å². The molecule has 0 spiro atoms. The molecule has 1 aliphatic rings. The highest BCUT2D eigenvalue weighted by Crippen LogP contribution is 2.36. The van der Waals surface area contributed by atoms with E-state index in [9.17, 15) is 4.79 Å². The van der Waals surface area contributed by atoms with Crippen molar-refractivity contribution in [1.82, 2.24) is 5.01 Å². The SMILES string of the molecule is CC(=O)N1N=C(c2ccc3ccccc3c2)C[C@@H]1c1ccccc1Cl. The van der Waals surface area contributed by atoms with E-state index in [-0.39, 0.29) is 11.9 Å². The van der Waals surface area contributed by atoms with Crippen molar-refractivity contribution in [3.8, 4) is 0 Å². The molecule has 0 saturated carbocycles. The predicted molar refractivity (Wildman–Crippen MR) is 102 cm³/mol. The fourth-order valence-electron chi connectivity index (χ4n) is 3.33. The van der Waals surface area contributed by atoms with E-state index in [0.717, 1.165) is 16.8 Å². The molecule has 0 aromatic heterocycles. The standard InChI is InChI=1S/C21H17ClN2O/c1-14(25)24-21(18-8-4-5-9-19(18)22)13-20(23-24)17-11-10-15-6-2-3-7-16(15)12-17/h2-12,21H,13H2,1H3/t21-/m1/s1. The molecule has 4 rings (SSSR count). The molecule has 1 amide bonds. The number of carbonyl (C=O) groups excluding carboxylic acids is 1. The maximum Gasteiger partial charge on any atom is 0.240 e. The number of hydrogen-bond acceptors (Lipinski definition) is 2. The van der Waals surface area contributed by atoms with Crippen molar-refractivity contribution in [3.63, 3.8) is 0 Å². The van der Waals surface area contributed by atoms with Crippen LogP contribution in [0.2, 0.25) is 5.02 Å². The molecular formula is C21H17ClN2O. The van der Waals surface area contributed by atoms with Crippen molar-refractivity contribution in [2.45, 2.75) is 19.4 Å². The Kier molecular flexibility index (Phi) is 4.02. The van der Waals surface area contributed by atoms with Crippen LogP contribution in [-0.2, 0) is 4.79 Å². The van der Waals surface area contributed by atoms with Crippen LogP contribution in [0.1, 0.15) is 30.5 Å². The van der Waals surface area contributed by atoms with Crippen LogP contribution >= 0.6 is 11.6 Å². The Bertz CT molecular complexity index is 996. The average molecular weight is 349 g/mol. The monoisotopic (exact) mass is 348 g/mol. The second-order valence-corrected chi connectivity index (χ2v) is 6.62. The number of halogens is 1. The summed E-state index contributed by atoms with van der Waals surface area (Å²) < 4.78 is 0. The van der Waals surface area contributed by atoms with Gasteiger partial charge in [0.25, 0.3) is 0 Å². The van der Waals surface area contributed by atoms with Gasteiger partial charge in [-0.3, -0.25) is 4.79 Å². The average Bonchev–Trinajstić information content (AvgIpc) is 3.07. The summed E-state index contributed by atoms with van der Waals surface area (Å²) in [5.74, 6) is -0.0827. The number of fused-ring (bicyclic) bond motifs is 1. The van der Waals surface area contributed by atoms with Crippen LogP contribution in [0.3, 0.4) is 0 Å². The lowest BCUT2D eigenvalue weighted by Gasteiger charge is -2.21. The summed E-state index contributed by atoms with van der Waals surface area (Å²) >= 11 is 6.36. The molecule has 0 radical (unpaired) electrons. The zero-order valence-electron chi connectivity index (χ0n) is 13.8. The molecule has 3 aromatic rings. The molecule has 0 N–H and O–H groups in total. The minimum absolute atomic E-state index is 0.0827. The molecule has 124 valence electrons. The van der Waals surface area contributed by atoms with Gasteiger partial charge in [0.05, 0.1) is 11.8 Å². The minimum atomic E-state index is -0.160. The number of amides is 1. The molecule has 1 aliphatic heterocycles. The van der Waals surface area contributed by atoms with Gasteiger partial charge in [0.1, 0.15) is 0 Å². The Morgan fingerprint density at radius 3 is 2.52 bits per heavy atom. The maximum atomic E-state index is 12.1. The normalized spacial score (nSPS) is 17.0. The lowest BCUT2D eigenvalue weighted by Crippen LogP contribution is -2.24. The molecular weight excluding hydrogens is 332 g/mol. The fraction of sp³-hybridized carbons (Fsp3) is 0.143. The molecule has 1 atom stereocenters. The van der Waals surface area contributed by atoms with Gasteiger partial charge in [0.2, 0.25) is 5.91 Å². The molecule has 0 aliphatic carbocycles. The highest BCUT2D eigenvalue weighted by Gasteiger charge is 2.32. The first kappa shape index (κ1) is 15.9. The highest BCUT2D eigenvalue weighted by atomic mass is 35.5. The smallest absolute Gasteiger partial charge is 0.240 e. The zero-order valence-corrected chi connectivity index (χ0v) is 14.6. The van der Waals surface area contributed by atoms with E-state index < -0.39 is 0 Å². The first-order chi connectivity index (χ1) is 12.1. The molecule has 0 unspecified atom stereocenters. The quantitative estimate of drug-likeness (QED) is 0.627. The van der Waals surface area contributed by atoms with Crippen LogP contribution < -0.4 is 0 Å². The molecule has 3 aromatic carbocycles. The second kappa shape index (κ2) is 6.34. The first-order valence-corrected chi connectivity index (χ1v) is 8.62. The van der Waals surface area contributed by atoms with Gasteiger partial charge < -0.3 is 0 Å². The Hall–Kier alpha value is -2.65. The summed E-state index contributed by atoms with van der Waals surface area (Å²) in [6.45, 7) is 1.54. The van der Waals surface area contributed by atoms with E-state index in [1.165, 1.54) is 17.7 Å². The predicted octanol–water partition coefficient (Wildman–Crippen LogP) is 5.19. The third-order valence-corrected chi connectivity index (χ3v) is 4.92. The Balaban J connectivity index is 1.74. The Morgan fingerprint density at radius 2 is 1.76 bits per heavy atom. The van der Waals surface area contributed by atoms with Crippen molar-refractivity contribution < 1.29 is 4.79 Å². The van der Waals surface area contributed by atoms with Crippen LogP contribution in [0.15, 0.2) is 71.8 Å². The third-order valence-electron chi connectivity index (χ3n) is 4.58. The van der Waals surface area contributed by atoms with Crippen molar-refractivity contribution in [2.24, 2.45) is 5.10 Å². The first-order valence-electron chi connectivity index (χ1n) is 8.24. The molecule has 4 heteroatoms. The van der Waals surface area contributed by atoms with Gasteiger partial charge in [-0.2, -0.15) is 5.10 Å². The van der Waals surface area contributed by atoms with Crippen LogP contribution in [0.4, 0.5) is 0 Å². The van der Waals surface area contributed by atoms with E-state index in [1.54, 1.807) is 5.01 Å². The van der Waals surface area contributed by atoms with Crippen molar-refractivity contribution in [1.29, 1.82) is 0 Å². The van der Waals surface area contributed by atoms with Crippen LogP contribution in [-0.4, -0.2) is 16.6 Å². The summed E-state index contributed by atoms with van der Waals surface area (Å²) in [5, 5.41) is 9.17. The number of nitrogens with zero attached hydrogens (tertiary/aromatic N) is 2. The van der Waals surface area contributed by atoms with Gasteiger partial charge in [0.15, 0.2) is 0 Å². The molecule has 1 heterocycles. The van der Waals surface area contributed by atoms with Crippen molar-refractivity contribution in [2.75, 3.05) is 0 Å².